The molecular formula is C14H30N2O5. The molecule has 1 aliphatic heterocycles. The molecule has 0 saturated carbocycles. The van der Waals surface area contributed by atoms with Crippen LogP contribution < -0.4 is 0 Å². The van der Waals surface area contributed by atoms with Crippen LogP contribution >= 0.6 is 0 Å². The third-order valence-electron chi connectivity index (χ3n) is 3.20. The molecule has 21 heavy (non-hydrogen) atoms. The zero-order valence-corrected chi connectivity index (χ0v) is 13.4. The number of ether oxygens (including phenoxy) is 5. The van der Waals surface area contributed by atoms with Gasteiger partial charge in [-0.25, -0.2) is 0 Å². The molecule has 0 radical (unpaired) electrons. The predicted octanol–water partition coefficient (Wildman–Crippen LogP) is -0.138. The van der Waals surface area contributed by atoms with Crippen molar-refractivity contribution < 1.29 is 23.7 Å². The Hall–Kier alpha value is -0.280. The molecule has 0 aliphatic carbocycles. The van der Waals surface area contributed by atoms with E-state index >= 15 is 0 Å². The molecule has 0 aromatic rings. The van der Waals surface area contributed by atoms with Gasteiger partial charge in [-0.15, -0.1) is 0 Å². The highest BCUT2D eigenvalue weighted by Gasteiger charge is 2.07. The number of hydrogen-bond acceptors (Lipinski definition) is 7. The average Bonchev–Trinajstić information content (AvgIpc) is 2.49. The monoisotopic (exact) mass is 306 g/mol. The quantitative estimate of drug-likeness (QED) is 0.716. The lowest BCUT2D eigenvalue weighted by Gasteiger charge is -2.22. The first-order chi connectivity index (χ1) is 10.4. The van der Waals surface area contributed by atoms with E-state index in [2.05, 4.69) is 9.80 Å². The van der Waals surface area contributed by atoms with Gasteiger partial charge in [-0.2, -0.15) is 0 Å². The summed E-state index contributed by atoms with van der Waals surface area (Å²) in [5.41, 5.74) is 0. The fourth-order valence-corrected chi connectivity index (χ4v) is 2.05. The summed E-state index contributed by atoms with van der Waals surface area (Å²) in [6, 6.07) is 0. The van der Waals surface area contributed by atoms with E-state index in [0.717, 1.165) is 26.2 Å². The van der Waals surface area contributed by atoms with E-state index in [1.807, 2.05) is 0 Å². The van der Waals surface area contributed by atoms with E-state index in [4.69, 9.17) is 23.7 Å². The number of rotatable bonds is 4. The van der Waals surface area contributed by atoms with Gasteiger partial charge in [0.05, 0.1) is 53.1 Å². The molecule has 126 valence electrons. The molecule has 1 rings (SSSR count). The van der Waals surface area contributed by atoms with Gasteiger partial charge < -0.3 is 23.7 Å². The van der Waals surface area contributed by atoms with Crippen molar-refractivity contribution in [3.63, 3.8) is 0 Å². The maximum Gasteiger partial charge on any atom is 0.0987 e. The molecule has 1 heterocycles. The lowest BCUT2D eigenvalue weighted by atomic mass is 10.5. The predicted molar refractivity (Wildman–Crippen MR) is 79.4 cm³/mol. The Morgan fingerprint density at radius 3 is 1.29 bits per heavy atom. The van der Waals surface area contributed by atoms with E-state index in [-0.39, 0.29) is 0 Å². The SMILES string of the molecule is COCN1CCOCCOCCN(COC)CCOCC1. The maximum atomic E-state index is 5.69. The summed E-state index contributed by atoms with van der Waals surface area (Å²) in [7, 11) is 3.40. The summed E-state index contributed by atoms with van der Waals surface area (Å²) in [6.45, 7) is 8.57. The molecule has 0 spiro atoms. The smallest absolute Gasteiger partial charge is 0.0987 e. The van der Waals surface area contributed by atoms with Gasteiger partial charge in [0, 0.05) is 40.4 Å². The minimum absolute atomic E-state index is 0.596. The number of methoxy groups -OCH3 is 2. The fraction of sp³-hybridized carbons (Fsp3) is 1.00. The first kappa shape index (κ1) is 18.8. The maximum absolute atomic E-state index is 5.69. The van der Waals surface area contributed by atoms with E-state index < -0.39 is 0 Å². The van der Waals surface area contributed by atoms with Crippen molar-refractivity contribution >= 4 is 0 Å². The van der Waals surface area contributed by atoms with Crippen molar-refractivity contribution in [3.05, 3.63) is 0 Å². The summed E-state index contributed by atoms with van der Waals surface area (Å²) in [6.07, 6.45) is 0. The molecule has 0 unspecified atom stereocenters. The van der Waals surface area contributed by atoms with E-state index in [9.17, 15) is 0 Å². The highest BCUT2D eigenvalue weighted by atomic mass is 16.5. The Morgan fingerprint density at radius 2 is 0.952 bits per heavy atom. The fourth-order valence-electron chi connectivity index (χ4n) is 2.05. The van der Waals surface area contributed by atoms with Crippen LogP contribution in [0.1, 0.15) is 0 Å². The summed E-state index contributed by atoms with van der Waals surface area (Å²) >= 11 is 0. The molecular weight excluding hydrogens is 276 g/mol. The van der Waals surface area contributed by atoms with Crippen molar-refractivity contribution in [2.45, 2.75) is 0 Å². The molecule has 0 N–H and O–H groups in total. The van der Waals surface area contributed by atoms with Crippen LogP contribution in [0.5, 0.6) is 0 Å². The van der Waals surface area contributed by atoms with Crippen molar-refractivity contribution in [2.24, 2.45) is 0 Å². The highest BCUT2D eigenvalue weighted by Crippen LogP contribution is 1.94. The van der Waals surface area contributed by atoms with Crippen molar-refractivity contribution in [2.75, 3.05) is 93.5 Å². The summed E-state index contributed by atoms with van der Waals surface area (Å²) in [4.78, 5) is 4.35. The molecule has 1 aliphatic rings. The third-order valence-corrected chi connectivity index (χ3v) is 3.20. The Bertz CT molecular complexity index is 211. The number of hydrogen-bond donors (Lipinski definition) is 0. The summed E-state index contributed by atoms with van der Waals surface area (Å²) in [5.74, 6) is 0. The standard InChI is InChI=1S/C14H30N2O5/c1-17-13-15-3-7-19-8-4-16(14-18-2)6-10-21-12-11-20-9-5-15/h3-14H2,1-2H3. The topological polar surface area (TPSA) is 52.6 Å². The Kier molecular flexibility index (Phi) is 12.0. The first-order valence-electron chi connectivity index (χ1n) is 7.52. The molecule has 0 amide bonds. The third kappa shape index (κ3) is 10.1. The Balaban J connectivity index is 2.33. The largest absolute Gasteiger partial charge is 0.379 e. The Morgan fingerprint density at radius 1 is 0.619 bits per heavy atom. The van der Waals surface area contributed by atoms with E-state index in [0.29, 0.717) is 53.1 Å². The minimum Gasteiger partial charge on any atom is -0.379 e. The summed E-state index contributed by atoms with van der Waals surface area (Å²) < 4.78 is 27.2. The lowest BCUT2D eigenvalue weighted by Crippen LogP contribution is -2.34. The average molecular weight is 306 g/mol. The van der Waals surface area contributed by atoms with Gasteiger partial charge in [0.2, 0.25) is 0 Å². The van der Waals surface area contributed by atoms with Crippen LogP contribution in [0, 0.1) is 0 Å². The van der Waals surface area contributed by atoms with Gasteiger partial charge in [0.25, 0.3) is 0 Å². The normalized spacial score (nSPS) is 22.6. The second-order valence-electron chi connectivity index (χ2n) is 4.91. The van der Waals surface area contributed by atoms with Crippen LogP contribution in [0.4, 0.5) is 0 Å². The minimum atomic E-state index is 0.596. The summed E-state index contributed by atoms with van der Waals surface area (Å²) in [5, 5.41) is 0. The molecule has 0 atom stereocenters. The highest BCUT2D eigenvalue weighted by molar-refractivity contribution is 4.55. The van der Waals surface area contributed by atoms with Crippen LogP contribution in [0.15, 0.2) is 0 Å². The zero-order valence-electron chi connectivity index (χ0n) is 13.4. The van der Waals surface area contributed by atoms with Crippen molar-refractivity contribution in [3.8, 4) is 0 Å². The molecule has 7 heteroatoms. The van der Waals surface area contributed by atoms with E-state index in [1.165, 1.54) is 0 Å². The lowest BCUT2D eigenvalue weighted by molar-refractivity contribution is 0.00480. The van der Waals surface area contributed by atoms with Crippen LogP contribution in [-0.2, 0) is 23.7 Å². The van der Waals surface area contributed by atoms with Crippen LogP contribution in [0.2, 0.25) is 0 Å². The molecule has 1 saturated heterocycles. The molecule has 0 bridgehead atoms. The second kappa shape index (κ2) is 13.4. The van der Waals surface area contributed by atoms with Crippen LogP contribution in [0.3, 0.4) is 0 Å². The molecule has 0 aromatic heterocycles. The molecule has 0 aromatic carbocycles. The van der Waals surface area contributed by atoms with Gasteiger partial charge in [-0.3, -0.25) is 9.80 Å². The van der Waals surface area contributed by atoms with Gasteiger partial charge in [0.1, 0.15) is 0 Å². The Labute approximate surface area is 128 Å². The van der Waals surface area contributed by atoms with E-state index in [1.54, 1.807) is 14.2 Å². The molecule has 1 fully saturated rings. The second-order valence-corrected chi connectivity index (χ2v) is 4.91. The van der Waals surface area contributed by atoms with Crippen LogP contribution in [-0.4, -0.2) is 103 Å². The first-order valence-corrected chi connectivity index (χ1v) is 7.52. The van der Waals surface area contributed by atoms with Gasteiger partial charge >= 0.3 is 0 Å². The zero-order chi connectivity index (χ0) is 15.2. The van der Waals surface area contributed by atoms with Crippen molar-refractivity contribution in [1.29, 1.82) is 0 Å². The number of nitrogens with zero attached hydrogens (tertiary/aromatic N) is 2. The van der Waals surface area contributed by atoms with Gasteiger partial charge in [-0.05, 0) is 0 Å². The van der Waals surface area contributed by atoms with Gasteiger partial charge in [0.15, 0.2) is 0 Å². The molecule has 7 nitrogen and oxygen atoms in total. The van der Waals surface area contributed by atoms with Gasteiger partial charge in [-0.1, -0.05) is 0 Å². The van der Waals surface area contributed by atoms with Crippen molar-refractivity contribution in [1.82, 2.24) is 9.80 Å². The van der Waals surface area contributed by atoms with Crippen LogP contribution in [0.25, 0.3) is 0 Å².